The van der Waals surface area contributed by atoms with Crippen LogP contribution in [0.1, 0.15) is 20.7 Å². The molecule has 2 rings (SSSR count). The Balaban J connectivity index is 0.000000523. The van der Waals surface area contributed by atoms with Crippen molar-refractivity contribution in [2.24, 2.45) is 0 Å². The molecule has 0 aliphatic carbocycles. The van der Waals surface area contributed by atoms with Gasteiger partial charge in [-0.2, -0.15) is 0 Å². The van der Waals surface area contributed by atoms with E-state index in [-0.39, 0.29) is 42.1 Å². The van der Waals surface area contributed by atoms with Crippen LogP contribution in [-0.2, 0) is 29.1 Å². The number of esters is 2. The summed E-state index contributed by atoms with van der Waals surface area (Å²) in [5, 5.41) is 37.8. The van der Waals surface area contributed by atoms with Crippen LogP contribution in [0.4, 0.5) is 0 Å². The van der Waals surface area contributed by atoms with Crippen LogP contribution < -0.4 is 19.7 Å². The van der Waals surface area contributed by atoms with E-state index in [4.69, 9.17) is 10.2 Å². The Kier molecular flexibility index (Phi) is 11.7. The fraction of sp³-hybridized carbons (Fsp3) is 0.111. The van der Waals surface area contributed by atoms with Gasteiger partial charge < -0.3 is 39.5 Å². The third-order valence-corrected chi connectivity index (χ3v) is 2.92. The molecule has 0 saturated heterocycles. The van der Waals surface area contributed by atoms with Crippen LogP contribution >= 0.6 is 0 Å². The summed E-state index contributed by atoms with van der Waals surface area (Å²) in [5.41, 5.74) is -0.455. The summed E-state index contributed by atoms with van der Waals surface area (Å²) in [4.78, 5) is 42.4. The van der Waals surface area contributed by atoms with Gasteiger partial charge in [-0.3, -0.25) is 0 Å². The first kappa shape index (κ1) is 25.9. The zero-order valence-electron chi connectivity index (χ0n) is 14.9. The molecule has 0 atom stereocenters. The number of rotatable bonds is 6. The van der Waals surface area contributed by atoms with Gasteiger partial charge in [-0.15, -0.1) is 0 Å². The fourth-order valence-electron chi connectivity index (χ4n) is 1.76. The molecule has 0 amide bonds. The normalized spacial score (nSPS) is 9.17. The molecule has 0 aliphatic rings. The van der Waals surface area contributed by atoms with Crippen molar-refractivity contribution in [3.63, 3.8) is 0 Å². The van der Waals surface area contributed by atoms with Gasteiger partial charge in [0.1, 0.15) is 24.7 Å². The Labute approximate surface area is 177 Å². The van der Waals surface area contributed by atoms with Crippen LogP contribution in [0, 0.1) is 0 Å². The second-order valence-electron chi connectivity index (χ2n) is 4.83. The monoisotopic (exact) mass is 454 g/mol. The molecule has 11 heteroatoms. The molecule has 0 radical (unpaired) electrons. The number of aliphatic hydroxyl groups excluding tert-OH is 2. The number of hydrogen-bond donors (Lipinski definition) is 2. The summed E-state index contributed by atoms with van der Waals surface area (Å²) >= 11 is 0. The first-order valence-electron chi connectivity index (χ1n) is 7.54. The fourth-order valence-corrected chi connectivity index (χ4v) is 1.76. The third kappa shape index (κ3) is 8.61. The van der Waals surface area contributed by atoms with Gasteiger partial charge >= 0.3 is 31.4 Å². The van der Waals surface area contributed by atoms with Crippen molar-refractivity contribution in [2.45, 2.75) is 0 Å². The van der Waals surface area contributed by atoms with Crippen molar-refractivity contribution in [2.75, 3.05) is 13.2 Å². The molecule has 10 nitrogen and oxygen atoms in total. The number of carboxylic acid groups (broad SMARTS) is 2. The summed E-state index contributed by atoms with van der Waals surface area (Å²) < 4.78 is 9.09. The molecule has 0 heterocycles. The van der Waals surface area contributed by atoms with Crippen molar-refractivity contribution >= 4 is 23.9 Å². The van der Waals surface area contributed by atoms with Gasteiger partial charge in [0.2, 0.25) is 0 Å². The smallest absolute Gasteiger partial charge is 0.545 e. The number of carboxylic acids is 2. The second-order valence-corrected chi connectivity index (χ2v) is 4.83. The third-order valence-electron chi connectivity index (χ3n) is 2.92. The summed E-state index contributed by atoms with van der Waals surface area (Å²) in [5.74, 6) is -4.98. The van der Waals surface area contributed by atoms with E-state index in [1.165, 1.54) is 48.5 Å². The predicted molar refractivity (Wildman–Crippen MR) is 87.0 cm³/mol. The summed E-state index contributed by atoms with van der Waals surface area (Å²) in [6.07, 6.45) is 0. The SMILES string of the molecule is O=C(CO)Oc1ccccc1C(=O)[O-].O=C(CO)Oc1ccccc1C(=O)[O-].[Zn+2]. The zero-order valence-corrected chi connectivity index (χ0v) is 17.9. The zero-order chi connectivity index (χ0) is 21.1. The first-order chi connectivity index (χ1) is 13.3. The molecule has 0 saturated carbocycles. The van der Waals surface area contributed by atoms with E-state index in [1.807, 2.05) is 0 Å². The summed E-state index contributed by atoms with van der Waals surface area (Å²) in [6, 6.07) is 11.1. The molecule has 0 unspecified atom stereocenters. The van der Waals surface area contributed by atoms with E-state index >= 15 is 0 Å². The molecule has 2 N–H and O–H groups in total. The number of hydrogen-bond acceptors (Lipinski definition) is 10. The number of aromatic carboxylic acids is 2. The minimum absolute atomic E-state index is 0. The van der Waals surface area contributed by atoms with Crippen molar-refractivity contribution in [1.29, 1.82) is 0 Å². The van der Waals surface area contributed by atoms with Crippen LogP contribution in [0.25, 0.3) is 0 Å². The van der Waals surface area contributed by atoms with E-state index in [0.717, 1.165) is 0 Å². The van der Waals surface area contributed by atoms with Crippen molar-refractivity contribution in [3.05, 3.63) is 59.7 Å². The van der Waals surface area contributed by atoms with Crippen molar-refractivity contribution in [3.8, 4) is 11.5 Å². The number of benzene rings is 2. The predicted octanol–water partition coefficient (Wildman–Crippen LogP) is -2.11. The summed E-state index contributed by atoms with van der Waals surface area (Å²) in [7, 11) is 0. The Morgan fingerprint density at radius 2 is 1.00 bits per heavy atom. The molecule has 29 heavy (non-hydrogen) atoms. The van der Waals surface area contributed by atoms with E-state index in [1.54, 1.807) is 0 Å². The van der Waals surface area contributed by atoms with Crippen molar-refractivity contribution in [1.82, 2.24) is 0 Å². The minimum Gasteiger partial charge on any atom is -0.545 e. The van der Waals surface area contributed by atoms with Gasteiger partial charge in [-0.25, -0.2) is 9.59 Å². The Bertz CT molecular complexity index is 794. The van der Waals surface area contributed by atoms with Gasteiger partial charge in [-0.1, -0.05) is 24.3 Å². The average molecular weight is 456 g/mol. The maximum Gasteiger partial charge on any atom is 2.00 e. The average Bonchev–Trinajstić information content (AvgIpc) is 2.68. The van der Waals surface area contributed by atoms with Gasteiger partial charge in [0.15, 0.2) is 0 Å². The Hall–Kier alpha value is -3.14. The van der Waals surface area contributed by atoms with Crippen molar-refractivity contribution < 1.29 is 68.6 Å². The van der Waals surface area contributed by atoms with Gasteiger partial charge in [0.05, 0.1) is 11.9 Å². The van der Waals surface area contributed by atoms with Crippen LogP contribution in [0.5, 0.6) is 11.5 Å². The quantitative estimate of drug-likeness (QED) is 0.279. The van der Waals surface area contributed by atoms with Crippen LogP contribution in [0.2, 0.25) is 0 Å². The molecule has 2 aromatic rings. The number of para-hydroxylation sites is 2. The van der Waals surface area contributed by atoms with E-state index in [0.29, 0.717) is 0 Å². The van der Waals surface area contributed by atoms with Crippen LogP contribution in [-0.4, -0.2) is 47.3 Å². The molecular formula is C18H14O10Zn. The topological polar surface area (TPSA) is 173 Å². The van der Waals surface area contributed by atoms with E-state index in [2.05, 4.69) is 9.47 Å². The molecular weight excluding hydrogens is 442 g/mol. The number of ether oxygens (including phenoxy) is 2. The first-order valence-corrected chi connectivity index (χ1v) is 7.54. The maximum absolute atomic E-state index is 10.7. The van der Waals surface area contributed by atoms with Crippen LogP contribution in [0.3, 0.4) is 0 Å². The van der Waals surface area contributed by atoms with E-state index in [9.17, 15) is 29.4 Å². The summed E-state index contributed by atoms with van der Waals surface area (Å²) in [6.45, 7) is -1.61. The second kappa shape index (κ2) is 13.1. The van der Waals surface area contributed by atoms with Gasteiger partial charge in [0, 0.05) is 11.1 Å². The van der Waals surface area contributed by atoms with Gasteiger partial charge in [-0.05, 0) is 24.3 Å². The molecule has 0 spiro atoms. The molecule has 0 bridgehead atoms. The Morgan fingerprint density at radius 3 is 1.28 bits per heavy atom. The number of carbonyl (C=O) groups excluding carboxylic acids is 4. The standard InChI is InChI=1S/2C9H8O5.Zn/c2*10-5-8(11)14-7-4-2-1-3-6(7)9(12)13;/h2*1-4,10H,5H2,(H,12,13);/q;;+2/p-2. The number of aliphatic hydroxyl groups is 2. The minimum atomic E-state index is -1.44. The maximum atomic E-state index is 10.7. The Morgan fingerprint density at radius 1 is 0.690 bits per heavy atom. The van der Waals surface area contributed by atoms with E-state index < -0.39 is 37.1 Å². The molecule has 0 fully saturated rings. The molecule has 2 aromatic carbocycles. The molecule has 0 aliphatic heterocycles. The number of carbonyl (C=O) groups is 4. The molecule has 148 valence electrons. The van der Waals surface area contributed by atoms with Gasteiger partial charge in [0.25, 0.3) is 0 Å². The molecule has 0 aromatic heterocycles. The largest absolute Gasteiger partial charge is 2.00 e. The van der Waals surface area contributed by atoms with Crippen LogP contribution in [0.15, 0.2) is 48.5 Å².